The number of Topliss-reactive ketones (excluding diaryl/α,β-unsaturated/α-hetero) is 1. The molecule has 0 aliphatic carbocycles. The van der Waals surface area contributed by atoms with E-state index in [1.807, 2.05) is 0 Å². The number of hydrogen-bond donors (Lipinski definition) is 2. The molecule has 3 amide bonds. The van der Waals surface area contributed by atoms with Crippen LogP contribution < -0.4 is 10.6 Å². The van der Waals surface area contributed by atoms with Gasteiger partial charge in [0.15, 0.2) is 5.84 Å². The first-order chi connectivity index (χ1) is 20.0. The van der Waals surface area contributed by atoms with Gasteiger partial charge in [0.1, 0.15) is 17.5 Å². The second-order valence-corrected chi connectivity index (χ2v) is 11.0. The molecule has 0 bridgehead atoms. The van der Waals surface area contributed by atoms with E-state index in [1.54, 1.807) is 57.3 Å². The van der Waals surface area contributed by atoms with Crippen LogP contribution in [0.1, 0.15) is 32.4 Å². The van der Waals surface area contributed by atoms with Crippen molar-refractivity contribution in [2.24, 2.45) is 10.9 Å². The molecule has 1 aromatic carbocycles. The van der Waals surface area contributed by atoms with Crippen molar-refractivity contribution in [2.45, 2.75) is 38.5 Å². The number of nitrogens with one attached hydrogen (secondary N) is 2. The van der Waals surface area contributed by atoms with Crippen LogP contribution in [0.15, 0.2) is 71.5 Å². The normalized spacial score (nSPS) is 20.8. The van der Waals surface area contributed by atoms with Gasteiger partial charge in [-0.25, -0.2) is 18.9 Å². The molecule has 3 aliphatic heterocycles. The van der Waals surface area contributed by atoms with E-state index in [-0.39, 0.29) is 37.7 Å². The maximum absolute atomic E-state index is 14.9. The molecule has 220 valence electrons. The number of benzene rings is 1. The first kappa shape index (κ1) is 28.6. The van der Waals surface area contributed by atoms with Crippen LogP contribution in [0.25, 0.3) is 0 Å². The minimum Gasteiger partial charge on any atom is -0.444 e. The molecule has 3 aliphatic rings. The van der Waals surface area contributed by atoms with Crippen LogP contribution in [-0.4, -0.2) is 92.1 Å². The van der Waals surface area contributed by atoms with Gasteiger partial charge in [0, 0.05) is 38.0 Å². The molecule has 2 unspecified atom stereocenters. The van der Waals surface area contributed by atoms with Crippen molar-refractivity contribution < 1.29 is 28.3 Å². The number of carbonyl (C=O) groups is 4. The van der Waals surface area contributed by atoms with Crippen LogP contribution in [-0.2, 0) is 19.1 Å². The number of ketones is 1. The summed E-state index contributed by atoms with van der Waals surface area (Å²) in [5.74, 6) is -3.35. The molecular weight excluding hydrogens is 547 g/mol. The summed E-state index contributed by atoms with van der Waals surface area (Å²) in [7, 11) is 0. The van der Waals surface area contributed by atoms with Crippen LogP contribution in [0.3, 0.4) is 0 Å². The molecule has 14 heteroatoms. The number of amides is 3. The molecule has 13 nitrogen and oxygen atoms in total. The zero-order valence-corrected chi connectivity index (χ0v) is 23.4. The van der Waals surface area contributed by atoms with Gasteiger partial charge < -0.3 is 25.2 Å². The molecule has 2 N–H and O–H groups in total. The second kappa shape index (κ2) is 11.5. The van der Waals surface area contributed by atoms with Crippen molar-refractivity contribution >= 4 is 29.5 Å². The van der Waals surface area contributed by atoms with Crippen LogP contribution in [0.2, 0.25) is 0 Å². The van der Waals surface area contributed by atoms with E-state index in [1.165, 1.54) is 26.9 Å². The van der Waals surface area contributed by atoms with Crippen LogP contribution in [0.4, 0.5) is 9.18 Å². The average Bonchev–Trinajstić information content (AvgIpc) is 3.66. The van der Waals surface area contributed by atoms with E-state index in [2.05, 4.69) is 25.9 Å². The minimum absolute atomic E-state index is 0.0181. The maximum atomic E-state index is 14.9. The maximum Gasteiger partial charge on any atom is 0.408 e. The predicted molar refractivity (Wildman–Crippen MR) is 147 cm³/mol. The van der Waals surface area contributed by atoms with Gasteiger partial charge in [-0.3, -0.25) is 14.4 Å². The Morgan fingerprint density at radius 1 is 1.07 bits per heavy atom. The lowest BCUT2D eigenvalue weighted by molar-refractivity contribution is -0.146. The number of alkyl carbamates (subject to hydrolysis) is 1. The lowest BCUT2D eigenvalue weighted by atomic mass is 9.88. The molecule has 1 fully saturated rings. The fourth-order valence-electron chi connectivity index (χ4n) is 5.04. The Morgan fingerprint density at radius 3 is 2.40 bits per heavy atom. The Balaban J connectivity index is 1.23. The second-order valence-electron chi connectivity index (χ2n) is 11.0. The molecule has 42 heavy (non-hydrogen) atoms. The van der Waals surface area contributed by atoms with Crippen LogP contribution >= 0.6 is 0 Å². The third-order valence-electron chi connectivity index (χ3n) is 7.02. The number of fused-ring (bicyclic) bond motifs is 1. The Labute approximate surface area is 241 Å². The van der Waals surface area contributed by atoms with E-state index >= 15 is 0 Å². The summed E-state index contributed by atoms with van der Waals surface area (Å²) in [6.45, 7) is 5.62. The lowest BCUT2D eigenvalue weighted by Crippen LogP contribution is -2.55. The monoisotopic (exact) mass is 578 g/mol. The molecule has 1 saturated heterocycles. The standard InChI is InChI=1S/C28H31FN8O5/c1-28(2,3)42-27(41)33-21(17-7-5-4-6-8-17)25(39)35-11-13-36(14-12-35)26(40)23(38)18-15-30-22-20(18)19(29)16-31-24(22)37-10-9-32-34-37/h4-10,15-16,20-22,30H,11-14H2,1-3H3,(H,33,41)/t20?,21-,22?/m1/s1. The van der Waals surface area contributed by atoms with Gasteiger partial charge in [-0.05, 0) is 26.3 Å². The molecule has 4 heterocycles. The number of nitrogens with zero attached hydrogens (tertiary/aromatic N) is 6. The largest absolute Gasteiger partial charge is 0.444 e. The molecule has 3 atom stereocenters. The third kappa shape index (κ3) is 5.92. The zero-order chi connectivity index (χ0) is 30.0. The number of rotatable bonds is 5. The van der Waals surface area contributed by atoms with Gasteiger partial charge >= 0.3 is 6.09 Å². The fourth-order valence-corrected chi connectivity index (χ4v) is 5.04. The number of hydrogen-bond acceptors (Lipinski definition) is 9. The van der Waals surface area contributed by atoms with Crippen LogP contribution in [0, 0.1) is 5.92 Å². The van der Waals surface area contributed by atoms with E-state index in [0.717, 1.165) is 6.20 Å². The third-order valence-corrected chi connectivity index (χ3v) is 7.02. The van der Waals surface area contributed by atoms with Gasteiger partial charge in [-0.2, -0.15) is 0 Å². The average molecular weight is 579 g/mol. The van der Waals surface area contributed by atoms with Gasteiger partial charge in [0.25, 0.3) is 5.91 Å². The van der Waals surface area contributed by atoms with Gasteiger partial charge in [0.2, 0.25) is 11.7 Å². The highest BCUT2D eigenvalue weighted by Crippen LogP contribution is 2.34. The van der Waals surface area contributed by atoms with Crippen molar-refractivity contribution in [3.8, 4) is 0 Å². The highest BCUT2D eigenvalue weighted by atomic mass is 19.1. The van der Waals surface area contributed by atoms with Crippen molar-refractivity contribution in [1.82, 2.24) is 35.4 Å². The molecule has 0 radical (unpaired) electrons. The summed E-state index contributed by atoms with van der Waals surface area (Å²) in [5.41, 5.74) is -0.192. The van der Waals surface area contributed by atoms with E-state index in [4.69, 9.17) is 4.74 Å². The van der Waals surface area contributed by atoms with Crippen molar-refractivity contribution in [2.75, 3.05) is 26.2 Å². The molecule has 1 aromatic heterocycles. The Kier molecular flexibility index (Phi) is 7.87. The van der Waals surface area contributed by atoms with Crippen LogP contribution in [0.5, 0.6) is 0 Å². The van der Waals surface area contributed by atoms with E-state index in [9.17, 15) is 23.6 Å². The highest BCUT2D eigenvalue weighted by Gasteiger charge is 2.45. The topological polar surface area (TPSA) is 151 Å². The van der Waals surface area contributed by atoms with Crippen molar-refractivity contribution in [3.05, 3.63) is 72.1 Å². The van der Waals surface area contributed by atoms with Gasteiger partial charge in [-0.15, -0.1) is 5.10 Å². The predicted octanol–water partition coefficient (Wildman–Crippen LogP) is 1.33. The van der Waals surface area contributed by atoms with Crippen molar-refractivity contribution in [1.29, 1.82) is 0 Å². The summed E-state index contributed by atoms with van der Waals surface area (Å²) in [5, 5.41) is 13.2. The fraction of sp³-hybridized carbons (Fsp3) is 0.393. The molecule has 5 rings (SSSR count). The first-order valence-corrected chi connectivity index (χ1v) is 13.5. The first-order valence-electron chi connectivity index (χ1n) is 13.5. The Morgan fingerprint density at radius 2 is 1.76 bits per heavy atom. The Hall–Kier alpha value is -4.88. The minimum atomic E-state index is -1.04. The number of aromatic nitrogens is 3. The summed E-state index contributed by atoms with van der Waals surface area (Å²) >= 11 is 0. The molecule has 0 saturated carbocycles. The quantitative estimate of drug-likeness (QED) is 0.505. The summed E-state index contributed by atoms with van der Waals surface area (Å²) in [4.78, 5) is 59.5. The van der Waals surface area contributed by atoms with Crippen molar-refractivity contribution in [3.63, 3.8) is 0 Å². The number of piperazine rings is 1. The molecule has 0 spiro atoms. The highest BCUT2D eigenvalue weighted by molar-refractivity contribution is 6.43. The van der Waals surface area contributed by atoms with Gasteiger partial charge in [0.05, 0.1) is 30.6 Å². The summed E-state index contributed by atoms with van der Waals surface area (Å²) < 4.78 is 21.6. The smallest absolute Gasteiger partial charge is 0.408 e. The zero-order valence-electron chi connectivity index (χ0n) is 23.4. The lowest BCUT2D eigenvalue weighted by Gasteiger charge is -2.36. The SMILES string of the molecule is CC(C)(C)OC(=O)N[C@@H](C(=O)N1CCN(C(=O)C(=O)C2=CNC3C(n4ccnn4)=NC=C(F)C23)CC1)c1ccccc1. The summed E-state index contributed by atoms with van der Waals surface area (Å²) in [6.07, 6.45) is 4.61. The van der Waals surface area contributed by atoms with E-state index < -0.39 is 47.2 Å². The number of halogens is 1. The Bertz CT molecular complexity index is 1460. The van der Waals surface area contributed by atoms with E-state index in [0.29, 0.717) is 11.4 Å². The number of aliphatic imine (C=N–C) groups is 1. The molecular formula is C28H31FN8O5. The summed E-state index contributed by atoms with van der Waals surface area (Å²) in [6, 6.07) is 7.05. The molecule has 2 aromatic rings. The van der Waals surface area contributed by atoms with Gasteiger partial charge in [-0.1, -0.05) is 35.5 Å². The number of carbonyl (C=O) groups excluding carboxylic acids is 4. The number of ether oxygens (including phenoxy) is 1.